The third kappa shape index (κ3) is 5.37. The number of rotatable bonds is 6. The Kier molecular flexibility index (Phi) is 6.66. The minimum Gasteiger partial charge on any atom is -0.398 e. The van der Waals surface area contributed by atoms with Gasteiger partial charge in [-0.25, -0.2) is 0 Å². The SMILES string of the molecule is Nc1ccc(N=Nc2ccc(N=Nc3cccc(S(=O)(=O)O)c3)c3ccccc23)c2cccc(S(=O)(=O)O)c12. The highest BCUT2D eigenvalue weighted by atomic mass is 32.2. The third-order valence-electron chi connectivity index (χ3n) is 5.82. The zero-order valence-corrected chi connectivity index (χ0v) is 21.5. The normalized spacial score (nSPS) is 12.7. The lowest BCUT2D eigenvalue weighted by Gasteiger charge is -2.09. The van der Waals surface area contributed by atoms with Crippen molar-refractivity contribution in [3.63, 3.8) is 0 Å². The molecule has 0 atom stereocenters. The Hall–Kier alpha value is -4.56. The first kappa shape index (κ1) is 26.1. The molecular weight excluding hydrogens is 542 g/mol. The van der Waals surface area contributed by atoms with Crippen molar-refractivity contribution in [1.82, 2.24) is 0 Å². The van der Waals surface area contributed by atoms with E-state index < -0.39 is 20.2 Å². The van der Waals surface area contributed by atoms with Crippen molar-refractivity contribution in [1.29, 1.82) is 0 Å². The molecule has 0 aliphatic heterocycles. The van der Waals surface area contributed by atoms with Gasteiger partial charge < -0.3 is 5.73 Å². The Morgan fingerprint density at radius 1 is 0.564 bits per heavy atom. The number of hydrogen-bond donors (Lipinski definition) is 3. The molecule has 0 radical (unpaired) electrons. The maximum absolute atomic E-state index is 11.9. The second-order valence-electron chi connectivity index (χ2n) is 8.35. The van der Waals surface area contributed by atoms with E-state index in [1.165, 1.54) is 36.4 Å². The quantitative estimate of drug-likeness (QED) is 0.114. The smallest absolute Gasteiger partial charge is 0.295 e. The molecule has 0 heterocycles. The average molecular weight is 562 g/mol. The number of benzene rings is 5. The first-order valence-electron chi connectivity index (χ1n) is 11.2. The molecule has 5 aromatic carbocycles. The van der Waals surface area contributed by atoms with Crippen molar-refractivity contribution in [3.05, 3.63) is 91.0 Å². The van der Waals surface area contributed by atoms with Gasteiger partial charge >= 0.3 is 0 Å². The van der Waals surface area contributed by atoms with Crippen LogP contribution in [-0.2, 0) is 20.2 Å². The number of azo groups is 2. The van der Waals surface area contributed by atoms with E-state index in [9.17, 15) is 25.9 Å². The van der Waals surface area contributed by atoms with Gasteiger partial charge in [0.15, 0.2) is 0 Å². The molecule has 0 aromatic heterocycles. The molecule has 0 fully saturated rings. The van der Waals surface area contributed by atoms with Gasteiger partial charge in [0.2, 0.25) is 0 Å². The monoisotopic (exact) mass is 561 g/mol. The van der Waals surface area contributed by atoms with Crippen LogP contribution in [0.5, 0.6) is 0 Å². The fourth-order valence-corrected chi connectivity index (χ4v) is 5.31. The van der Waals surface area contributed by atoms with Crippen molar-refractivity contribution in [3.8, 4) is 0 Å². The molecule has 4 N–H and O–H groups in total. The summed E-state index contributed by atoms with van der Waals surface area (Å²) < 4.78 is 65.4. The van der Waals surface area contributed by atoms with E-state index in [1.807, 2.05) is 24.3 Å². The molecule has 5 rings (SSSR count). The Labute approximate surface area is 222 Å². The van der Waals surface area contributed by atoms with E-state index in [0.29, 0.717) is 33.2 Å². The van der Waals surface area contributed by atoms with E-state index in [0.717, 1.165) is 0 Å². The lowest BCUT2D eigenvalue weighted by Crippen LogP contribution is -2.01. The van der Waals surface area contributed by atoms with Gasteiger partial charge in [-0.05, 0) is 48.5 Å². The van der Waals surface area contributed by atoms with Crippen LogP contribution in [0.4, 0.5) is 28.4 Å². The Bertz CT molecular complexity index is 2040. The fraction of sp³-hybridized carbons (Fsp3) is 0. The molecule has 0 aliphatic rings. The summed E-state index contributed by atoms with van der Waals surface area (Å²) in [5.74, 6) is 0. The topological polar surface area (TPSA) is 184 Å². The van der Waals surface area contributed by atoms with Crippen LogP contribution in [0.15, 0.2) is 121 Å². The van der Waals surface area contributed by atoms with Crippen LogP contribution in [0.2, 0.25) is 0 Å². The number of nitrogens with two attached hydrogens (primary N) is 1. The Morgan fingerprint density at radius 3 is 1.72 bits per heavy atom. The fourth-order valence-electron chi connectivity index (χ4n) is 4.05. The molecular formula is C26H19N5O6S2. The van der Waals surface area contributed by atoms with Gasteiger partial charge in [0, 0.05) is 27.2 Å². The number of anilines is 1. The van der Waals surface area contributed by atoms with Crippen molar-refractivity contribution in [2.45, 2.75) is 9.79 Å². The molecule has 0 saturated heterocycles. The summed E-state index contributed by atoms with van der Waals surface area (Å²) in [5, 5.41) is 19.0. The van der Waals surface area contributed by atoms with Crippen molar-refractivity contribution >= 4 is 70.2 Å². The molecule has 0 saturated carbocycles. The van der Waals surface area contributed by atoms with Crippen LogP contribution < -0.4 is 5.73 Å². The van der Waals surface area contributed by atoms with E-state index >= 15 is 0 Å². The molecule has 39 heavy (non-hydrogen) atoms. The zero-order chi connectivity index (χ0) is 27.8. The maximum Gasteiger partial charge on any atom is 0.295 e. The molecule has 11 nitrogen and oxygen atoms in total. The summed E-state index contributed by atoms with van der Waals surface area (Å²) in [6.45, 7) is 0. The van der Waals surface area contributed by atoms with E-state index in [-0.39, 0.29) is 26.6 Å². The van der Waals surface area contributed by atoms with Crippen LogP contribution >= 0.6 is 0 Å². The highest BCUT2D eigenvalue weighted by Crippen LogP contribution is 2.38. The van der Waals surface area contributed by atoms with Crippen LogP contribution in [0.25, 0.3) is 21.5 Å². The summed E-state index contributed by atoms with van der Waals surface area (Å²) >= 11 is 0. The largest absolute Gasteiger partial charge is 0.398 e. The number of nitrogen functional groups attached to an aromatic ring is 1. The number of nitrogens with zero attached hydrogens (tertiary/aromatic N) is 4. The van der Waals surface area contributed by atoms with Crippen LogP contribution in [0.1, 0.15) is 0 Å². The predicted octanol–water partition coefficient (Wildman–Crippen LogP) is 6.90. The first-order chi connectivity index (χ1) is 18.5. The molecule has 13 heteroatoms. The molecule has 0 bridgehead atoms. The lowest BCUT2D eigenvalue weighted by atomic mass is 10.1. The third-order valence-corrected chi connectivity index (χ3v) is 7.57. The average Bonchev–Trinajstić information content (AvgIpc) is 2.91. The standard InChI is InChI=1S/C26H19N5O6S2/c27-21-11-12-24(20-9-4-10-25(26(20)21)39(35,36)37)31-30-23-14-13-22(18-7-1-2-8-19(18)23)29-28-16-5-3-6-17(15-16)38(32,33)34/h1-15H,27H2,(H,32,33,34)(H,35,36,37). The van der Waals surface area contributed by atoms with Crippen molar-refractivity contribution < 1.29 is 25.9 Å². The van der Waals surface area contributed by atoms with Crippen molar-refractivity contribution in [2.24, 2.45) is 20.5 Å². The highest BCUT2D eigenvalue weighted by molar-refractivity contribution is 7.86. The molecule has 0 spiro atoms. The van der Waals surface area contributed by atoms with Gasteiger partial charge in [-0.1, -0.05) is 42.5 Å². The second-order valence-corrected chi connectivity index (χ2v) is 11.2. The summed E-state index contributed by atoms with van der Waals surface area (Å²) in [4.78, 5) is -0.615. The van der Waals surface area contributed by atoms with Crippen LogP contribution in [0.3, 0.4) is 0 Å². The van der Waals surface area contributed by atoms with E-state index in [4.69, 9.17) is 5.73 Å². The van der Waals surface area contributed by atoms with Gasteiger partial charge in [-0.15, -0.1) is 15.3 Å². The minimum atomic E-state index is -4.52. The molecule has 196 valence electrons. The second kappa shape index (κ2) is 9.96. The maximum atomic E-state index is 11.9. The minimum absolute atomic E-state index is 0.148. The highest BCUT2D eigenvalue weighted by Gasteiger charge is 2.17. The van der Waals surface area contributed by atoms with E-state index in [1.54, 1.807) is 30.3 Å². The van der Waals surface area contributed by atoms with Crippen LogP contribution in [-0.4, -0.2) is 25.9 Å². The Morgan fingerprint density at radius 2 is 1.10 bits per heavy atom. The molecule has 0 unspecified atom stereocenters. The summed E-state index contributed by atoms with van der Waals surface area (Å²) in [7, 11) is -8.90. The van der Waals surface area contributed by atoms with Gasteiger partial charge in [0.05, 0.1) is 27.6 Å². The molecule has 0 amide bonds. The summed E-state index contributed by atoms with van der Waals surface area (Å²) in [6.07, 6.45) is 0. The zero-order valence-electron chi connectivity index (χ0n) is 19.9. The van der Waals surface area contributed by atoms with Gasteiger partial charge in [-0.3, -0.25) is 9.11 Å². The number of hydrogen-bond acceptors (Lipinski definition) is 9. The van der Waals surface area contributed by atoms with Gasteiger partial charge in [0.1, 0.15) is 4.90 Å². The number of fused-ring (bicyclic) bond motifs is 2. The predicted molar refractivity (Wildman–Crippen MR) is 147 cm³/mol. The first-order valence-corrected chi connectivity index (χ1v) is 14.1. The Balaban J connectivity index is 1.55. The molecule has 0 aliphatic carbocycles. The van der Waals surface area contributed by atoms with Gasteiger partial charge in [-0.2, -0.15) is 21.9 Å². The summed E-state index contributed by atoms with van der Waals surface area (Å²) in [5.41, 5.74) is 7.73. The van der Waals surface area contributed by atoms with Crippen LogP contribution in [0, 0.1) is 0 Å². The molecule has 5 aromatic rings. The van der Waals surface area contributed by atoms with Crippen molar-refractivity contribution in [2.75, 3.05) is 5.73 Å². The summed E-state index contributed by atoms with van der Waals surface area (Å²) in [6, 6.07) is 23.5. The van der Waals surface area contributed by atoms with Gasteiger partial charge in [0.25, 0.3) is 20.2 Å². The lowest BCUT2D eigenvalue weighted by molar-refractivity contribution is 0.481. The van der Waals surface area contributed by atoms with E-state index in [2.05, 4.69) is 20.5 Å².